The van der Waals surface area contributed by atoms with E-state index in [0.717, 1.165) is 17.8 Å². The summed E-state index contributed by atoms with van der Waals surface area (Å²) in [5, 5.41) is 3.00. The number of anilines is 1. The summed E-state index contributed by atoms with van der Waals surface area (Å²) >= 11 is 0. The van der Waals surface area contributed by atoms with Crippen molar-refractivity contribution in [2.45, 2.75) is 39.3 Å². The molecule has 0 aliphatic heterocycles. The van der Waals surface area contributed by atoms with Gasteiger partial charge < -0.3 is 15.6 Å². The van der Waals surface area contributed by atoms with E-state index in [1.54, 1.807) is 6.20 Å². The lowest BCUT2D eigenvalue weighted by Gasteiger charge is -2.19. The second kappa shape index (κ2) is 6.43. The van der Waals surface area contributed by atoms with Crippen LogP contribution in [0.5, 0.6) is 0 Å². The van der Waals surface area contributed by atoms with Gasteiger partial charge >= 0.3 is 0 Å². The number of nitrogen functional groups attached to an aromatic ring is 1. The van der Waals surface area contributed by atoms with Gasteiger partial charge in [0.15, 0.2) is 0 Å². The zero-order valence-corrected chi connectivity index (χ0v) is 12.7. The predicted molar refractivity (Wildman–Crippen MR) is 84.7 cm³/mol. The number of rotatable bonds is 5. The maximum Gasteiger partial charge on any atom is 0.243 e. The lowest BCUT2D eigenvalue weighted by atomic mass is 10.1. The molecule has 112 valence electrons. The van der Waals surface area contributed by atoms with Gasteiger partial charge in [-0.05, 0) is 32.4 Å². The Hall–Kier alpha value is -2.30. The first-order chi connectivity index (χ1) is 10.0. The average molecular weight is 286 g/mol. The molecule has 0 spiro atoms. The van der Waals surface area contributed by atoms with Crippen molar-refractivity contribution in [2.75, 3.05) is 5.73 Å². The molecule has 0 saturated carbocycles. The first kappa shape index (κ1) is 15.1. The van der Waals surface area contributed by atoms with Gasteiger partial charge in [-0.15, -0.1) is 0 Å². The van der Waals surface area contributed by atoms with E-state index in [4.69, 9.17) is 5.73 Å². The minimum Gasteiger partial charge on any atom is -0.399 e. The van der Waals surface area contributed by atoms with Gasteiger partial charge in [-0.1, -0.05) is 19.1 Å². The van der Waals surface area contributed by atoms with E-state index in [1.165, 1.54) is 0 Å². The molecule has 5 nitrogen and oxygen atoms in total. The normalized spacial score (nSPS) is 13.7. The smallest absolute Gasteiger partial charge is 0.243 e. The molecular weight excluding hydrogens is 264 g/mol. The molecule has 0 aliphatic carbocycles. The zero-order valence-electron chi connectivity index (χ0n) is 12.7. The number of aromatic nitrogens is 2. The summed E-state index contributed by atoms with van der Waals surface area (Å²) in [6.07, 6.45) is 4.43. The van der Waals surface area contributed by atoms with Crippen LogP contribution in [0.25, 0.3) is 11.4 Å². The molecule has 1 aromatic heterocycles. The van der Waals surface area contributed by atoms with Crippen LogP contribution in [0.4, 0.5) is 5.69 Å². The monoisotopic (exact) mass is 286 g/mol. The molecule has 2 aromatic rings. The van der Waals surface area contributed by atoms with E-state index in [-0.39, 0.29) is 18.0 Å². The van der Waals surface area contributed by atoms with Gasteiger partial charge in [-0.3, -0.25) is 4.79 Å². The highest BCUT2D eigenvalue weighted by Gasteiger charge is 2.19. The Morgan fingerprint density at radius 2 is 2.19 bits per heavy atom. The van der Waals surface area contributed by atoms with E-state index in [1.807, 2.05) is 55.8 Å². The van der Waals surface area contributed by atoms with Crippen molar-refractivity contribution in [2.24, 2.45) is 0 Å². The maximum absolute atomic E-state index is 12.3. The Labute approximate surface area is 125 Å². The average Bonchev–Trinajstić information content (AvgIpc) is 2.95. The van der Waals surface area contributed by atoms with Crippen molar-refractivity contribution in [3.8, 4) is 11.4 Å². The number of imidazole rings is 1. The number of nitrogens with zero attached hydrogens (tertiary/aromatic N) is 2. The van der Waals surface area contributed by atoms with Crippen molar-refractivity contribution >= 4 is 11.6 Å². The SMILES string of the molecule is CCC(C)NC(=O)C(C)n1ccnc1-c1cccc(N)c1. The third-order valence-corrected chi connectivity index (χ3v) is 3.61. The third kappa shape index (κ3) is 3.42. The fourth-order valence-corrected chi connectivity index (χ4v) is 2.12. The van der Waals surface area contributed by atoms with Crippen LogP contribution in [0.15, 0.2) is 36.7 Å². The standard InChI is InChI=1S/C16H22N4O/c1-4-11(2)19-16(21)12(3)20-9-8-18-15(20)13-6-5-7-14(17)10-13/h5-12H,4,17H2,1-3H3,(H,19,21). The molecule has 2 rings (SSSR count). The van der Waals surface area contributed by atoms with E-state index < -0.39 is 0 Å². The van der Waals surface area contributed by atoms with Crippen LogP contribution in [0.2, 0.25) is 0 Å². The summed E-state index contributed by atoms with van der Waals surface area (Å²) in [4.78, 5) is 16.6. The van der Waals surface area contributed by atoms with Crippen molar-refractivity contribution in [3.05, 3.63) is 36.7 Å². The Balaban J connectivity index is 2.26. The van der Waals surface area contributed by atoms with E-state index in [2.05, 4.69) is 10.3 Å². The number of carbonyl (C=O) groups excluding carboxylic acids is 1. The molecule has 0 radical (unpaired) electrons. The number of hydrogen-bond donors (Lipinski definition) is 2. The minimum atomic E-state index is -0.321. The fourth-order valence-electron chi connectivity index (χ4n) is 2.12. The fraction of sp³-hybridized carbons (Fsp3) is 0.375. The van der Waals surface area contributed by atoms with Gasteiger partial charge in [-0.25, -0.2) is 4.98 Å². The molecule has 0 saturated heterocycles. The predicted octanol–water partition coefficient (Wildman–Crippen LogP) is 2.61. The van der Waals surface area contributed by atoms with Crippen LogP contribution < -0.4 is 11.1 Å². The second-order valence-corrected chi connectivity index (χ2v) is 5.28. The number of nitrogens with one attached hydrogen (secondary N) is 1. The molecule has 1 aromatic carbocycles. The minimum absolute atomic E-state index is 0.00694. The highest BCUT2D eigenvalue weighted by atomic mass is 16.2. The number of nitrogens with two attached hydrogens (primary N) is 1. The number of benzene rings is 1. The second-order valence-electron chi connectivity index (χ2n) is 5.28. The highest BCUT2D eigenvalue weighted by Crippen LogP contribution is 2.23. The summed E-state index contributed by atoms with van der Waals surface area (Å²) < 4.78 is 1.87. The van der Waals surface area contributed by atoms with Gasteiger partial charge in [0.1, 0.15) is 11.9 Å². The van der Waals surface area contributed by atoms with Gasteiger partial charge in [0, 0.05) is 29.7 Å². The molecule has 1 heterocycles. The van der Waals surface area contributed by atoms with Crippen LogP contribution in [0.3, 0.4) is 0 Å². The van der Waals surface area contributed by atoms with Gasteiger partial charge in [0.25, 0.3) is 0 Å². The zero-order chi connectivity index (χ0) is 15.4. The lowest BCUT2D eigenvalue weighted by Crippen LogP contribution is -2.37. The van der Waals surface area contributed by atoms with Gasteiger partial charge in [-0.2, -0.15) is 0 Å². The Bertz CT molecular complexity index is 620. The summed E-state index contributed by atoms with van der Waals surface area (Å²) in [5.74, 6) is 0.738. The lowest BCUT2D eigenvalue weighted by molar-refractivity contribution is -0.124. The molecule has 0 fully saturated rings. The van der Waals surface area contributed by atoms with Crippen LogP contribution in [0.1, 0.15) is 33.2 Å². The molecule has 2 unspecified atom stereocenters. The molecule has 21 heavy (non-hydrogen) atoms. The Kier molecular flexibility index (Phi) is 4.62. The maximum atomic E-state index is 12.3. The molecule has 0 aliphatic rings. The Morgan fingerprint density at radius 3 is 2.86 bits per heavy atom. The molecule has 1 amide bonds. The summed E-state index contributed by atoms with van der Waals surface area (Å²) in [7, 11) is 0. The number of amides is 1. The molecule has 0 bridgehead atoms. The van der Waals surface area contributed by atoms with Crippen LogP contribution in [-0.2, 0) is 4.79 Å². The number of carbonyl (C=O) groups is 1. The van der Waals surface area contributed by atoms with E-state index in [0.29, 0.717) is 5.69 Å². The van der Waals surface area contributed by atoms with Crippen molar-refractivity contribution in [3.63, 3.8) is 0 Å². The van der Waals surface area contributed by atoms with Gasteiger partial charge in [0.05, 0.1) is 0 Å². The number of hydrogen-bond acceptors (Lipinski definition) is 3. The van der Waals surface area contributed by atoms with E-state index >= 15 is 0 Å². The molecule has 2 atom stereocenters. The van der Waals surface area contributed by atoms with Gasteiger partial charge in [0.2, 0.25) is 5.91 Å². The highest BCUT2D eigenvalue weighted by molar-refractivity contribution is 5.81. The molecular formula is C16H22N4O. The summed E-state index contributed by atoms with van der Waals surface area (Å²) in [5.41, 5.74) is 7.40. The first-order valence-corrected chi connectivity index (χ1v) is 7.22. The summed E-state index contributed by atoms with van der Waals surface area (Å²) in [6, 6.07) is 7.35. The topological polar surface area (TPSA) is 72.9 Å². The Morgan fingerprint density at radius 1 is 1.43 bits per heavy atom. The van der Waals surface area contributed by atoms with Crippen molar-refractivity contribution in [1.82, 2.24) is 14.9 Å². The molecule has 3 N–H and O–H groups in total. The third-order valence-electron chi connectivity index (χ3n) is 3.61. The van der Waals surface area contributed by atoms with Crippen LogP contribution in [0, 0.1) is 0 Å². The summed E-state index contributed by atoms with van der Waals surface area (Å²) in [6.45, 7) is 5.91. The van der Waals surface area contributed by atoms with Crippen LogP contribution in [-0.4, -0.2) is 21.5 Å². The van der Waals surface area contributed by atoms with E-state index in [9.17, 15) is 4.79 Å². The van der Waals surface area contributed by atoms with Crippen molar-refractivity contribution in [1.29, 1.82) is 0 Å². The molecule has 5 heteroatoms. The van der Waals surface area contributed by atoms with Crippen LogP contribution >= 0.6 is 0 Å². The largest absolute Gasteiger partial charge is 0.399 e. The quantitative estimate of drug-likeness (QED) is 0.830. The van der Waals surface area contributed by atoms with Crippen molar-refractivity contribution < 1.29 is 4.79 Å². The first-order valence-electron chi connectivity index (χ1n) is 7.22.